The third kappa shape index (κ3) is 9.56. The summed E-state index contributed by atoms with van der Waals surface area (Å²) in [6, 6.07) is 25.0. The van der Waals surface area contributed by atoms with Crippen LogP contribution in [0.1, 0.15) is 30.5 Å². The number of rotatable bonds is 13. The van der Waals surface area contributed by atoms with E-state index in [1.807, 2.05) is 78.9 Å². The van der Waals surface area contributed by atoms with Gasteiger partial charge in [0.05, 0.1) is 12.9 Å². The molecule has 0 fully saturated rings. The molecule has 196 valence electrons. The third-order valence-electron chi connectivity index (χ3n) is 5.85. The van der Waals surface area contributed by atoms with Crippen molar-refractivity contribution in [2.45, 2.75) is 38.6 Å². The van der Waals surface area contributed by atoms with E-state index in [4.69, 9.17) is 4.74 Å². The summed E-state index contributed by atoms with van der Waals surface area (Å²) in [5.41, 5.74) is 3.11. The van der Waals surface area contributed by atoms with E-state index in [2.05, 4.69) is 35.1 Å². The van der Waals surface area contributed by atoms with E-state index in [0.717, 1.165) is 26.9 Å². The second-order valence-electron chi connectivity index (χ2n) is 9.34. The molecule has 3 aromatic carbocycles. The number of hydrogen-bond donors (Lipinski definition) is 1. The van der Waals surface area contributed by atoms with Crippen LogP contribution in [0.25, 0.3) is 0 Å². The van der Waals surface area contributed by atoms with E-state index in [1.165, 1.54) is 0 Å². The molecule has 37 heavy (non-hydrogen) atoms. The van der Waals surface area contributed by atoms with Gasteiger partial charge in [-0.05, 0) is 46.9 Å². The fraction of sp³-hybridized carbons (Fsp3) is 0.333. The largest absolute Gasteiger partial charge is 0.497 e. The van der Waals surface area contributed by atoms with Crippen molar-refractivity contribution in [1.29, 1.82) is 0 Å². The normalized spacial score (nSPS) is 11.7. The first kappa shape index (κ1) is 28.8. The molecule has 0 aliphatic rings. The number of nitrogens with zero attached hydrogens (tertiary/aromatic N) is 1. The van der Waals surface area contributed by atoms with E-state index in [0.29, 0.717) is 31.2 Å². The van der Waals surface area contributed by atoms with Gasteiger partial charge in [-0.3, -0.25) is 9.59 Å². The van der Waals surface area contributed by atoms with Gasteiger partial charge < -0.3 is 15.0 Å². The van der Waals surface area contributed by atoms with Gasteiger partial charge in [-0.15, -0.1) is 11.8 Å². The summed E-state index contributed by atoms with van der Waals surface area (Å²) in [5, 5.41) is 3.07. The summed E-state index contributed by atoms with van der Waals surface area (Å²) in [6.07, 6.45) is 0.452. The highest BCUT2D eigenvalue weighted by Crippen LogP contribution is 2.21. The number of benzene rings is 3. The lowest BCUT2D eigenvalue weighted by Crippen LogP contribution is -2.51. The lowest BCUT2D eigenvalue weighted by Gasteiger charge is -2.32. The molecule has 0 aromatic heterocycles. The highest BCUT2D eigenvalue weighted by molar-refractivity contribution is 9.10. The summed E-state index contributed by atoms with van der Waals surface area (Å²) in [6.45, 7) is 5.04. The zero-order valence-electron chi connectivity index (χ0n) is 21.7. The number of nitrogens with one attached hydrogen (secondary N) is 1. The first-order valence-electron chi connectivity index (χ1n) is 12.4. The monoisotopic (exact) mass is 582 g/mol. The fourth-order valence-corrected chi connectivity index (χ4v) is 5.19. The predicted molar refractivity (Wildman–Crippen MR) is 156 cm³/mol. The van der Waals surface area contributed by atoms with Gasteiger partial charge >= 0.3 is 0 Å². The predicted octanol–water partition coefficient (Wildman–Crippen LogP) is 6.10. The van der Waals surface area contributed by atoms with Crippen molar-refractivity contribution >= 4 is 39.5 Å². The molecule has 0 aliphatic heterocycles. The average molecular weight is 584 g/mol. The molecule has 0 heterocycles. The van der Waals surface area contributed by atoms with Crippen LogP contribution in [0.2, 0.25) is 0 Å². The van der Waals surface area contributed by atoms with Gasteiger partial charge in [-0.1, -0.05) is 84.4 Å². The second kappa shape index (κ2) is 14.8. The molecule has 0 aliphatic carbocycles. The van der Waals surface area contributed by atoms with Crippen molar-refractivity contribution in [1.82, 2.24) is 10.2 Å². The number of halogens is 1. The zero-order chi connectivity index (χ0) is 26.6. The van der Waals surface area contributed by atoms with Crippen LogP contribution in [0.4, 0.5) is 0 Å². The molecule has 1 atom stereocenters. The molecule has 3 aromatic rings. The minimum atomic E-state index is -0.616. The van der Waals surface area contributed by atoms with Crippen LogP contribution in [-0.2, 0) is 28.3 Å². The molecule has 0 radical (unpaired) electrons. The highest BCUT2D eigenvalue weighted by atomic mass is 79.9. The summed E-state index contributed by atoms with van der Waals surface area (Å²) in [5.74, 6) is 1.92. The molecule has 7 heteroatoms. The van der Waals surface area contributed by atoms with E-state index in [-0.39, 0.29) is 17.6 Å². The van der Waals surface area contributed by atoms with E-state index >= 15 is 0 Å². The Morgan fingerprint density at radius 2 is 1.65 bits per heavy atom. The molecule has 1 N–H and O–H groups in total. The summed E-state index contributed by atoms with van der Waals surface area (Å²) >= 11 is 5.08. The molecule has 5 nitrogen and oxygen atoms in total. The molecule has 3 rings (SSSR count). The maximum atomic E-state index is 13.7. The molecular weight excluding hydrogens is 548 g/mol. The van der Waals surface area contributed by atoms with E-state index < -0.39 is 6.04 Å². The Hall–Kier alpha value is -2.77. The third-order valence-corrected chi connectivity index (χ3v) is 7.33. The van der Waals surface area contributed by atoms with Crippen LogP contribution in [0, 0.1) is 5.92 Å². The minimum absolute atomic E-state index is 0.0564. The molecule has 0 spiro atoms. The van der Waals surface area contributed by atoms with Crippen molar-refractivity contribution in [2.75, 3.05) is 19.4 Å². The van der Waals surface area contributed by atoms with E-state index in [9.17, 15) is 9.59 Å². The molecule has 0 saturated heterocycles. The number of carbonyl (C=O) groups excluding carboxylic acids is 2. The first-order chi connectivity index (χ1) is 17.9. The number of amides is 2. The number of ether oxygens (including phenoxy) is 1. The molecule has 1 unspecified atom stereocenters. The van der Waals surface area contributed by atoms with Crippen LogP contribution in [0.3, 0.4) is 0 Å². The lowest BCUT2D eigenvalue weighted by molar-refractivity contribution is -0.139. The van der Waals surface area contributed by atoms with Gasteiger partial charge in [-0.2, -0.15) is 0 Å². The smallest absolute Gasteiger partial charge is 0.243 e. The second-order valence-corrected chi connectivity index (χ2v) is 11.2. The summed E-state index contributed by atoms with van der Waals surface area (Å²) in [7, 11) is 1.64. The van der Waals surface area contributed by atoms with Crippen molar-refractivity contribution in [3.63, 3.8) is 0 Å². The molecule has 0 bridgehead atoms. The van der Waals surface area contributed by atoms with Crippen LogP contribution < -0.4 is 10.1 Å². The number of methoxy groups -OCH3 is 1. The number of carbonyl (C=O) groups is 2. The number of thioether (sulfide) groups is 1. The van der Waals surface area contributed by atoms with Crippen LogP contribution in [0.5, 0.6) is 5.75 Å². The zero-order valence-corrected chi connectivity index (χ0v) is 24.1. The van der Waals surface area contributed by atoms with Crippen molar-refractivity contribution in [3.05, 3.63) is 100 Å². The van der Waals surface area contributed by atoms with Crippen LogP contribution in [0.15, 0.2) is 83.3 Å². The Morgan fingerprint density at radius 1 is 0.946 bits per heavy atom. The molecule has 2 amide bonds. The van der Waals surface area contributed by atoms with Gasteiger partial charge in [-0.25, -0.2) is 0 Å². The Kier molecular flexibility index (Phi) is 11.5. The first-order valence-corrected chi connectivity index (χ1v) is 14.4. The van der Waals surface area contributed by atoms with Crippen molar-refractivity contribution < 1.29 is 14.3 Å². The van der Waals surface area contributed by atoms with Crippen LogP contribution in [-0.4, -0.2) is 42.2 Å². The summed E-state index contributed by atoms with van der Waals surface area (Å²) in [4.78, 5) is 28.9. The Bertz CT molecular complexity index is 1140. The lowest BCUT2D eigenvalue weighted by atomic mass is 10.0. The number of hydrogen-bond acceptors (Lipinski definition) is 4. The van der Waals surface area contributed by atoms with Gasteiger partial charge in [0, 0.05) is 29.7 Å². The average Bonchev–Trinajstić information content (AvgIpc) is 2.90. The topological polar surface area (TPSA) is 58.6 Å². The van der Waals surface area contributed by atoms with Gasteiger partial charge in [0.1, 0.15) is 11.8 Å². The highest BCUT2D eigenvalue weighted by Gasteiger charge is 2.30. The standard InChI is InChI=1S/C30H35BrN2O3S/c1-22(2)18-32-30(35)28(17-23-8-5-4-6-9-23)33(19-25-10-7-11-26(31)16-25)29(34)21-37-20-24-12-14-27(36-3)15-13-24/h4-16,22,28H,17-21H2,1-3H3,(H,32,35). The van der Waals surface area contributed by atoms with Gasteiger partial charge in [0.25, 0.3) is 0 Å². The molecule has 0 saturated carbocycles. The Balaban J connectivity index is 1.82. The van der Waals surface area contributed by atoms with Crippen molar-refractivity contribution in [2.24, 2.45) is 5.92 Å². The van der Waals surface area contributed by atoms with Gasteiger partial charge in [0.2, 0.25) is 11.8 Å². The Labute approximate surface area is 233 Å². The summed E-state index contributed by atoms with van der Waals surface area (Å²) < 4.78 is 6.17. The minimum Gasteiger partial charge on any atom is -0.497 e. The Morgan fingerprint density at radius 3 is 2.30 bits per heavy atom. The maximum Gasteiger partial charge on any atom is 0.243 e. The fourth-order valence-electron chi connectivity index (χ4n) is 3.87. The van der Waals surface area contributed by atoms with Gasteiger partial charge in [0.15, 0.2) is 0 Å². The van der Waals surface area contributed by atoms with Crippen molar-refractivity contribution in [3.8, 4) is 5.75 Å². The SMILES string of the molecule is COc1ccc(CSCC(=O)N(Cc2cccc(Br)c2)C(Cc2ccccc2)C(=O)NCC(C)C)cc1. The molecular formula is C30H35BrN2O3S. The van der Waals surface area contributed by atoms with Crippen LogP contribution >= 0.6 is 27.7 Å². The quantitative estimate of drug-likeness (QED) is 0.264. The maximum absolute atomic E-state index is 13.7. The van der Waals surface area contributed by atoms with E-state index in [1.54, 1.807) is 23.8 Å².